The second-order valence-corrected chi connectivity index (χ2v) is 7.67. The van der Waals surface area contributed by atoms with E-state index in [0.29, 0.717) is 9.76 Å². The molecule has 0 N–H and O–H groups in total. The Morgan fingerprint density at radius 1 is 1.43 bits per heavy atom. The van der Waals surface area contributed by atoms with E-state index in [1.807, 2.05) is 0 Å². The summed E-state index contributed by atoms with van der Waals surface area (Å²) in [5.74, 6) is 0. The van der Waals surface area contributed by atoms with Crippen molar-refractivity contribution in [1.82, 2.24) is 0 Å². The van der Waals surface area contributed by atoms with Gasteiger partial charge < -0.3 is 4.43 Å². The molecule has 0 heterocycles. The van der Waals surface area contributed by atoms with E-state index in [9.17, 15) is 0 Å². The maximum atomic E-state index is 4.79. The molecule has 1 nitrogen and oxygen atoms in total. The summed E-state index contributed by atoms with van der Waals surface area (Å²) in [6.45, 7) is 0. The standard InChI is InChI=1S/C2H3OSi4/c1-3-7-2(4,5)6/h1H3. The lowest BCUT2D eigenvalue weighted by Gasteiger charge is -2.11. The highest BCUT2D eigenvalue weighted by Gasteiger charge is 2.11. The maximum absolute atomic E-state index is 4.79. The van der Waals surface area contributed by atoms with Crippen LogP contribution in [-0.4, -0.2) is 47.6 Å². The van der Waals surface area contributed by atoms with Crippen LogP contribution in [0.5, 0.6) is 0 Å². The van der Waals surface area contributed by atoms with Crippen LogP contribution in [0.3, 0.4) is 0 Å². The van der Waals surface area contributed by atoms with Gasteiger partial charge in [0.2, 0.25) is 9.76 Å². The molecule has 0 spiro atoms. The molecule has 5 heteroatoms. The van der Waals surface area contributed by atoms with Crippen LogP contribution in [0, 0.1) is 0 Å². The fourth-order valence-corrected chi connectivity index (χ4v) is 1.38. The monoisotopic (exact) mass is 155 g/mol. The molecule has 0 aromatic rings. The predicted molar refractivity (Wildman–Crippen MR) is 32.7 cm³/mol. The molecule has 0 rings (SSSR count). The van der Waals surface area contributed by atoms with Gasteiger partial charge in [0.25, 0.3) is 0 Å². The van der Waals surface area contributed by atoms with Gasteiger partial charge in [-0.1, -0.05) is 0 Å². The number of hydrogen-bond donors (Lipinski definition) is 0. The first-order valence-electron chi connectivity index (χ1n) is 1.61. The van der Waals surface area contributed by atoms with Gasteiger partial charge >= 0.3 is 0 Å². The van der Waals surface area contributed by atoms with Gasteiger partial charge in [0.1, 0.15) is 0 Å². The maximum Gasteiger partial charge on any atom is 0.224 e. The zero-order chi connectivity index (χ0) is 5.91. The summed E-state index contributed by atoms with van der Waals surface area (Å²) in [5, 5.41) is 0. The first-order chi connectivity index (χ1) is 3.06. The molecule has 11 radical (unpaired) electrons. The molecular formula is C2H3OSi4. The van der Waals surface area contributed by atoms with E-state index in [0.717, 1.165) is 0 Å². The third kappa shape index (κ3) is 6.83. The molecule has 0 bridgehead atoms. The summed E-state index contributed by atoms with van der Waals surface area (Å²) in [6, 6.07) is 0. The van der Waals surface area contributed by atoms with E-state index in [-0.39, 0.29) is 3.91 Å². The van der Waals surface area contributed by atoms with E-state index < -0.39 is 0 Å². The predicted octanol–water partition coefficient (Wildman–Crippen LogP) is -1.21. The molecule has 0 aliphatic rings. The Kier molecular flexibility index (Phi) is 3.33. The van der Waals surface area contributed by atoms with Crippen molar-refractivity contribution < 1.29 is 4.43 Å². The third-order valence-corrected chi connectivity index (χ3v) is 1.68. The molecule has 0 aromatic heterocycles. The SMILES string of the molecule is CO[Si]C([Si])([Si])[Si]. The summed E-state index contributed by atoms with van der Waals surface area (Å²) in [7, 11) is 11.9. The second kappa shape index (κ2) is 2.98. The lowest BCUT2D eigenvalue weighted by Crippen LogP contribution is -2.22. The molecule has 0 amide bonds. The lowest BCUT2D eigenvalue weighted by atomic mass is 11.8. The highest BCUT2D eigenvalue weighted by Crippen LogP contribution is 2.02. The Labute approximate surface area is 56.4 Å². The highest BCUT2D eigenvalue weighted by atomic mass is 28.4. The number of rotatable bonds is 2. The summed E-state index contributed by atoms with van der Waals surface area (Å²) >= 11 is 0. The largest absolute Gasteiger partial charge is 0.421 e. The fraction of sp³-hybridized carbons (Fsp3) is 1.00. The van der Waals surface area contributed by atoms with Gasteiger partial charge in [0.05, 0.1) is 0 Å². The van der Waals surface area contributed by atoms with Crippen LogP contribution in [0.1, 0.15) is 0 Å². The highest BCUT2D eigenvalue weighted by molar-refractivity contribution is 6.79. The van der Waals surface area contributed by atoms with Gasteiger partial charge in [0, 0.05) is 37.8 Å². The molecule has 0 aliphatic heterocycles. The van der Waals surface area contributed by atoms with Gasteiger partial charge in [-0.05, 0) is 3.91 Å². The molecule has 0 aliphatic carbocycles. The molecule has 0 fully saturated rings. The van der Waals surface area contributed by atoms with E-state index in [4.69, 9.17) is 4.43 Å². The minimum Gasteiger partial charge on any atom is -0.421 e. The summed E-state index contributed by atoms with van der Waals surface area (Å²) in [4.78, 5) is 0. The van der Waals surface area contributed by atoms with Crippen molar-refractivity contribution in [3.8, 4) is 0 Å². The minimum absolute atomic E-state index is 0.227. The topological polar surface area (TPSA) is 9.23 Å². The van der Waals surface area contributed by atoms with Crippen LogP contribution in [0.15, 0.2) is 0 Å². The molecule has 0 saturated heterocycles. The van der Waals surface area contributed by atoms with E-state index in [1.165, 1.54) is 0 Å². The van der Waals surface area contributed by atoms with E-state index >= 15 is 0 Å². The Bertz CT molecular complexity index is 48.1. The van der Waals surface area contributed by atoms with Gasteiger partial charge in [-0.15, -0.1) is 0 Å². The third-order valence-electron chi connectivity index (χ3n) is 0.255. The summed E-state index contributed by atoms with van der Waals surface area (Å²) in [5.41, 5.74) is 0. The van der Waals surface area contributed by atoms with Crippen molar-refractivity contribution in [3.05, 3.63) is 0 Å². The van der Waals surface area contributed by atoms with Crippen LogP contribution in [0.4, 0.5) is 0 Å². The van der Waals surface area contributed by atoms with Gasteiger partial charge in [-0.2, -0.15) is 0 Å². The molecule has 7 heavy (non-hydrogen) atoms. The van der Waals surface area contributed by atoms with Gasteiger partial charge in [-0.25, -0.2) is 0 Å². The molecule has 0 saturated carbocycles. The first kappa shape index (κ1) is 7.83. The molecule has 0 atom stereocenters. The summed E-state index contributed by atoms with van der Waals surface area (Å²) in [6.07, 6.45) is 0. The van der Waals surface area contributed by atoms with E-state index in [2.05, 4.69) is 30.7 Å². The lowest BCUT2D eigenvalue weighted by molar-refractivity contribution is 0.441. The number of hydrogen-bond acceptors (Lipinski definition) is 1. The van der Waals surface area contributed by atoms with Crippen LogP contribution in [0.2, 0.25) is 3.91 Å². The van der Waals surface area contributed by atoms with Crippen molar-refractivity contribution >= 4 is 40.5 Å². The molecule has 0 aromatic carbocycles. The average molecular weight is 155 g/mol. The molecule has 33 valence electrons. The van der Waals surface area contributed by atoms with Crippen LogP contribution in [0.25, 0.3) is 0 Å². The smallest absolute Gasteiger partial charge is 0.224 e. The first-order valence-corrected chi connectivity index (χ1v) is 4.02. The van der Waals surface area contributed by atoms with Gasteiger partial charge in [0.15, 0.2) is 0 Å². The van der Waals surface area contributed by atoms with Crippen molar-refractivity contribution in [3.63, 3.8) is 0 Å². The van der Waals surface area contributed by atoms with Crippen LogP contribution in [-0.2, 0) is 4.43 Å². The van der Waals surface area contributed by atoms with Crippen LogP contribution >= 0.6 is 0 Å². The zero-order valence-electron chi connectivity index (χ0n) is 3.91. The fourth-order valence-electron chi connectivity index (χ4n) is 0.153. The average Bonchev–Trinajstić information content (AvgIpc) is 1.30. The quantitative estimate of drug-likeness (QED) is 0.455. The van der Waals surface area contributed by atoms with Crippen molar-refractivity contribution in [2.24, 2.45) is 0 Å². The Morgan fingerprint density at radius 2 is 1.86 bits per heavy atom. The Balaban J connectivity index is 3.15. The van der Waals surface area contributed by atoms with Crippen molar-refractivity contribution in [2.75, 3.05) is 7.11 Å². The van der Waals surface area contributed by atoms with E-state index in [1.54, 1.807) is 7.11 Å². The van der Waals surface area contributed by atoms with Crippen molar-refractivity contribution in [1.29, 1.82) is 0 Å². The Morgan fingerprint density at radius 3 is 1.86 bits per heavy atom. The minimum atomic E-state index is -0.227. The zero-order valence-corrected chi connectivity index (χ0v) is 7.91. The molecular weight excluding hydrogens is 152 g/mol. The second-order valence-electron chi connectivity index (χ2n) is 1.06. The molecule has 0 unspecified atom stereocenters. The normalized spacial score (nSPS) is 12.0. The van der Waals surface area contributed by atoms with Crippen LogP contribution < -0.4 is 0 Å². The Hall–Kier alpha value is 0.828. The van der Waals surface area contributed by atoms with Crippen molar-refractivity contribution in [2.45, 2.75) is 3.91 Å². The van der Waals surface area contributed by atoms with Gasteiger partial charge in [-0.3, -0.25) is 0 Å². The summed E-state index contributed by atoms with van der Waals surface area (Å²) < 4.78 is 4.56.